The van der Waals surface area contributed by atoms with Crippen LogP contribution in [0.2, 0.25) is 0 Å². The van der Waals surface area contributed by atoms with Crippen molar-refractivity contribution in [3.63, 3.8) is 0 Å². The van der Waals surface area contributed by atoms with Crippen LogP contribution in [-0.4, -0.2) is 22.4 Å². The molecule has 0 fully saturated rings. The number of carbonyl (C=O) groups excluding carboxylic acids is 1. The van der Waals surface area contributed by atoms with Crippen molar-refractivity contribution in [1.82, 2.24) is 4.98 Å². The molecule has 0 saturated heterocycles. The maximum absolute atomic E-state index is 11.5. The Balaban J connectivity index is 2.60. The summed E-state index contributed by atoms with van der Waals surface area (Å²) in [6, 6.07) is 3.71. The molecule has 1 amide bonds. The van der Waals surface area contributed by atoms with E-state index in [1.54, 1.807) is 12.3 Å². The van der Waals surface area contributed by atoms with Gasteiger partial charge in [-0.1, -0.05) is 0 Å². The first-order valence-electron chi connectivity index (χ1n) is 4.08. The Morgan fingerprint density at radius 3 is 2.86 bits per heavy atom. The van der Waals surface area contributed by atoms with Gasteiger partial charge in [-0.25, -0.2) is 4.98 Å². The number of hydrogen-bond acceptors (Lipinski definition) is 3. The van der Waals surface area contributed by atoms with Crippen molar-refractivity contribution in [3.8, 4) is 0 Å². The van der Waals surface area contributed by atoms with Gasteiger partial charge in [-0.3, -0.25) is 4.79 Å². The quantitative estimate of drug-likeness (QED) is 0.869. The van der Waals surface area contributed by atoms with Gasteiger partial charge in [0.25, 0.3) is 0 Å². The number of thioether (sulfide) groups is 1. The van der Waals surface area contributed by atoms with Crippen LogP contribution in [0.4, 0.5) is 5.82 Å². The van der Waals surface area contributed by atoms with Crippen LogP contribution in [0.25, 0.3) is 0 Å². The van der Waals surface area contributed by atoms with E-state index in [0.717, 1.165) is 3.57 Å². The Morgan fingerprint density at radius 2 is 2.36 bits per heavy atom. The number of aromatic nitrogens is 1. The van der Waals surface area contributed by atoms with Gasteiger partial charge in [-0.15, -0.1) is 0 Å². The standard InChI is InChI=1S/C9H11IN2OS/c1-6(14-2)9(13)12-8-4-3-7(10)5-11-8/h3-6H,1-2H3,(H,11,12,13)/t6-/m0/s1. The zero-order chi connectivity index (χ0) is 10.6. The van der Waals surface area contributed by atoms with E-state index in [2.05, 4.69) is 32.9 Å². The van der Waals surface area contributed by atoms with Gasteiger partial charge < -0.3 is 5.32 Å². The molecule has 0 spiro atoms. The molecule has 1 rings (SSSR count). The number of nitrogens with one attached hydrogen (secondary N) is 1. The normalized spacial score (nSPS) is 12.2. The molecule has 3 nitrogen and oxygen atoms in total. The van der Waals surface area contributed by atoms with Crippen molar-refractivity contribution in [2.24, 2.45) is 0 Å². The first-order valence-corrected chi connectivity index (χ1v) is 6.45. The van der Waals surface area contributed by atoms with E-state index in [1.165, 1.54) is 11.8 Å². The molecular weight excluding hydrogens is 311 g/mol. The summed E-state index contributed by atoms with van der Waals surface area (Å²) < 4.78 is 1.05. The lowest BCUT2D eigenvalue weighted by atomic mass is 10.4. The molecule has 0 aliphatic rings. The minimum atomic E-state index is -0.0453. The fourth-order valence-electron chi connectivity index (χ4n) is 0.785. The topological polar surface area (TPSA) is 42.0 Å². The molecule has 0 aliphatic carbocycles. The maximum Gasteiger partial charge on any atom is 0.238 e. The summed E-state index contributed by atoms with van der Waals surface area (Å²) in [7, 11) is 0. The van der Waals surface area contributed by atoms with E-state index in [9.17, 15) is 4.79 Å². The van der Waals surface area contributed by atoms with Crippen molar-refractivity contribution in [1.29, 1.82) is 0 Å². The monoisotopic (exact) mass is 322 g/mol. The van der Waals surface area contributed by atoms with Crippen molar-refractivity contribution in [2.45, 2.75) is 12.2 Å². The predicted molar refractivity (Wildman–Crippen MR) is 68.6 cm³/mol. The lowest BCUT2D eigenvalue weighted by Gasteiger charge is -2.08. The molecule has 14 heavy (non-hydrogen) atoms. The third-order valence-corrected chi connectivity index (χ3v) is 3.26. The van der Waals surface area contributed by atoms with E-state index in [-0.39, 0.29) is 11.2 Å². The Bertz CT molecular complexity index is 315. The molecule has 1 aromatic rings. The minimum absolute atomic E-state index is 0.00814. The summed E-state index contributed by atoms with van der Waals surface area (Å²) in [6.45, 7) is 1.87. The summed E-state index contributed by atoms with van der Waals surface area (Å²) in [5.41, 5.74) is 0. The fourth-order valence-corrected chi connectivity index (χ4v) is 1.38. The van der Waals surface area contributed by atoms with Gasteiger partial charge in [0.05, 0.1) is 5.25 Å². The molecule has 1 atom stereocenters. The predicted octanol–water partition coefficient (Wildman–Crippen LogP) is 2.38. The van der Waals surface area contributed by atoms with Gasteiger partial charge in [0.1, 0.15) is 5.82 Å². The Labute approximate surface area is 101 Å². The zero-order valence-corrected chi connectivity index (χ0v) is 10.9. The highest BCUT2D eigenvalue weighted by Crippen LogP contribution is 2.10. The third kappa shape index (κ3) is 3.45. The maximum atomic E-state index is 11.5. The zero-order valence-electron chi connectivity index (χ0n) is 7.95. The molecule has 0 saturated carbocycles. The van der Waals surface area contributed by atoms with Gasteiger partial charge in [-0.05, 0) is 47.9 Å². The smallest absolute Gasteiger partial charge is 0.238 e. The van der Waals surface area contributed by atoms with Crippen molar-refractivity contribution in [3.05, 3.63) is 21.9 Å². The van der Waals surface area contributed by atoms with Crippen LogP contribution in [-0.2, 0) is 4.79 Å². The van der Waals surface area contributed by atoms with Gasteiger partial charge >= 0.3 is 0 Å². The summed E-state index contributed by atoms with van der Waals surface area (Å²) in [6.07, 6.45) is 3.63. The average molecular weight is 322 g/mol. The van der Waals surface area contributed by atoms with Crippen LogP contribution in [0.5, 0.6) is 0 Å². The SMILES string of the molecule is CS[C@@H](C)C(=O)Nc1ccc(I)cn1. The number of carbonyl (C=O) groups is 1. The van der Waals surface area contributed by atoms with E-state index < -0.39 is 0 Å². The first kappa shape index (κ1) is 11.8. The van der Waals surface area contributed by atoms with Crippen LogP contribution in [0.15, 0.2) is 18.3 Å². The highest BCUT2D eigenvalue weighted by atomic mass is 127. The molecule has 1 aromatic heterocycles. The summed E-state index contributed by atoms with van der Waals surface area (Å²) in [4.78, 5) is 15.5. The van der Waals surface area contributed by atoms with E-state index in [4.69, 9.17) is 0 Å². The Morgan fingerprint density at radius 1 is 1.64 bits per heavy atom. The Hall–Kier alpha value is -0.300. The minimum Gasteiger partial charge on any atom is -0.310 e. The van der Waals surface area contributed by atoms with Gasteiger partial charge in [0.15, 0.2) is 0 Å². The van der Waals surface area contributed by atoms with Gasteiger partial charge in [0, 0.05) is 9.77 Å². The van der Waals surface area contributed by atoms with Crippen molar-refractivity contribution >= 4 is 46.1 Å². The number of amides is 1. The van der Waals surface area contributed by atoms with Crippen molar-refractivity contribution in [2.75, 3.05) is 11.6 Å². The average Bonchev–Trinajstić information content (AvgIpc) is 2.20. The number of pyridine rings is 1. The molecule has 0 bridgehead atoms. The van der Waals surface area contributed by atoms with Gasteiger partial charge in [0.2, 0.25) is 5.91 Å². The molecule has 0 aliphatic heterocycles. The van der Waals surface area contributed by atoms with Crippen LogP contribution in [0.3, 0.4) is 0 Å². The molecule has 1 N–H and O–H groups in total. The molecule has 0 aromatic carbocycles. The second-order valence-corrected chi connectivity index (χ2v) is 5.15. The van der Waals surface area contributed by atoms with Crippen LogP contribution >= 0.6 is 34.4 Å². The lowest BCUT2D eigenvalue weighted by Crippen LogP contribution is -2.22. The third-order valence-electron chi connectivity index (χ3n) is 1.70. The largest absolute Gasteiger partial charge is 0.310 e. The highest BCUT2D eigenvalue weighted by molar-refractivity contribution is 14.1. The number of nitrogens with zero attached hydrogens (tertiary/aromatic N) is 1. The molecular formula is C9H11IN2OS. The summed E-state index contributed by atoms with van der Waals surface area (Å²) in [5.74, 6) is 0.600. The van der Waals surface area contributed by atoms with Crippen LogP contribution < -0.4 is 5.32 Å². The van der Waals surface area contributed by atoms with Crippen LogP contribution in [0.1, 0.15) is 6.92 Å². The highest BCUT2D eigenvalue weighted by Gasteiger charge is 2.11. The molecule has 76 valence electrons. The summed E-state index contributed by atoms with van der Waals surface area (Å²) in [5, 5.41) is 2.70. The van der Waals surface area contributed by atoms with E-state index >= 15 is 0 Å². The number of halogens is 1. The van der Waals surface area contributed by atoms with E-state index in [1.807, 2.05) is 19.2 Å². The molecule has 5 heteroatoms. The van der Waals surface area contributed by atoms with Gasteiger partial charge in [-0.2, -0.15) is 11.8 Å². The Kier molecular flexibility index (Phi) is 4.67. The fraction of sp³-hybridized carbons (Fsp3) is 0.333. The second kappa shape index (κ2) is 5.55. The first-order chi connectivity index (χ1) is 6.63. The number of anilines is 1. The molecule has 1 heterocycles. The lowest BCUT2D eigenvalue weighted by molar-refractivity contribution is -0.115. The number of rotatable bonds is 3. The summed E-state index contributed by atoms with van der Waals surface area (Å²) >= 11 is 3.69. The molecule has 0 unspecified atom stereocenters. The molecule has 0 radical (unpaired) electrons. The van der Waals surface area contributed by atoms with Crippen molar-refractivity contribution < 1.29 is 4.79 Å². The number of hydrogen-bond donors (Lipinski definition) is 1. The van der Waals surface area contributed by atoms with E-state index in [0.29, 0.717) is 5.82 Å². The second-order valence-electron chi connectivity index (χ2n) is 2.73. The van der Waals surface area contributed by atoms with Crippen LogP contribution in [0, 0.1) is 3.57 Å².